The number of alkyl halides is 3. The monoisotopic (exact) mass is 319 g/mol. The molecule has 0 aromatic carbocycles. The minimum atomic E-state index is -4.57. The van der Waals surface area contributed by atoms with Gasteiger partial charge in [-0.15, -0.1) is 0 Å². The van der Waals surface area contributed by atoms with Gasteiger partial charge in [-0.25, -0.2) is 9.67 Å². The van der Waals surface area contributed by atoms with Gasteiger partial charge in [-0.3, -0.25) is 0 Å². The standard InChI is InChI=1S/C12H12F3N3O4/c13-12(14,15)6-1-2-16-10-5(6)3-17-18(10)11-9(21)8(20)7(4-19)22-11/h1-3,7-9,11,19-21H,4H2/t7-,8-,9-,11-/m1/s1. The smallest absolute Gasteiger partial charge is 0.394 e. The topological polar surface area (TPSA) is 101 Å². The number of hydrogen-bond donors (Lipinski definition) is 3. The summed E-state index contributed by atoms with van der Waals surface area (Å²) >= 11 is 0. The van der Waals surface area contributed by atoms with Crippen molar-refractivity contribution in [1.82, 2.24) is 14.8 Å². The second-order valence-electron chi connectivity index (χ2n) is 4.91. The number of pyridine rings is 1. The molecular weight excluding hydrogens is 307 g/mol. The molecule has 10 heteroatoms. The molecule has 1 aliphatic rings. The van der Waals surface area contributed by atoms with Gasteiger partial charge in [0.25, 0.3) is 0 Å². The number of fused-ring (bicyclic) bond motifs is 1. The van der Waals surface area contributed by atoms with Crippen LogP contribution in [0.3, 0.4) is 0 Å². The molecule has 3 rings (SSSR count). The lowest BCUT2D eigenvalue weighted by atomic mass is 10.1. The molecule has 0 amide bonds. The van der Waals surface area contributed by atoms with E-state index >= 15 is 0 Å². The van der Waals surface area contributed by atoms with Gasteiger partial charge >= 0.3 is 6.18 Å². The van der Waals surface area contributed by atoms with Crippen LogP contribution in [0, 0.1) is 0 Å². The number of hydrogen-bond acceptors (Lipinski definition) is 6. The lowest BCUT2D eigenvalue weighted by molar-refractivity contribution is -0.136. The van der Waals surface area contributed by atoms with Crippen molar-refractivity contribution in [3.63, 3.8) is 0 Å². The highest BCUT2D eigenvalue weighted by atomic mass is 19.4. The first-order valence-electron chi connectivity index (χ1n) is 6.36. The molecule has 7 nitrogen and oxygen atoms in total. The van der Waals surface area contributed by atoms with Gasteiger partial charge in [0.15, 0.2) is 11.9 Å². The van der Waals surface area contributed by atoms with Crippen LogP contribution in [0.25, 0.3) is 11.0 Å². The fourth-order valence-electron chi connectivity index (χ4n) is 2.46. The third kappa shape index (κ3) is 2.24. The Labute approximate surface area is 121 Å². The van der Waals surface area contributed by atoms with E-state index in [1.165, 1.54) is 0 Å². The molecule has 0 unspecified atom stereocenters. The van der Waals surface area contributed by atoms with E-state index in [1.807, 2.05) is 0 Å². The van der Waals surface area contributed by atoms with Crippen LogP contribution in [0.1, 0.15) is 11.8 Å². The SMILES string of the molecule is OC[C@H]1O[C@@H](n2ncc3c(C(F)(F)F)ccnc32)[C@H](O)[C@@H]1O. The summed E-state index contributed by atoms with van der Waals surface area (Å²) in [6.45, 7) is -0.546. The molecule has 3 N–H and O–H groups in total. The van der Waals surface area contributed by atoms with E-state index in [4.69, 9.17) is 9.84 Å². The second-order valence-corrected chi connectivity index (χ2v) is 4.91. The summed E-state index contributed by atoms with van der Waals surface area (Å²) < 4.78 is 45.0. The summed E-state index contributed by atoms with van der Waals surface area (Å²) in [5, 5.41) is 32.2. The van der Waals surface area contributed by atoms with Crippen LogP contribution in [-0.2, 0) is 10.9 Å². The zero-order valence-corrected chi connectivity index (χ0v) is 11.0. The number of halogens is 3. The third-order valence-electron chi connectivity index (χ3n) is 3.56. The average Bonchev–Trinajstić information content (AvgIpc) is 3.00. The van der Waals surface area contributed by atoms with Crippen molar-refractivity contribution < 1.29 is 33.2 Å². The highest BCUT2D eigenvalue weighted by molar-refractivity contribution is 5.79. The number of ether oxygens (including phenoxy) is 1. The predicted molar refractivity (Wildman–Crippen MR) is 65.5 cm³/mol. The molecule has 2 aromatic heterocycles. The second kappa shape index (κ2) is 5.16. The number of aromatic nitrogens is 3. The Hall–Kier alpha value is -1.75. The summed E-state index contributed by atoms with van der Waals surface area (Å²) in [7, 11) is 0. The molecule has 120 valence electrons. The van der Waals surface area contributed by atoms with Crippen LogP contribution in [0.5, 0.6) is 0 Å². The maximum atomic E-state index is 12.9. The maximum Gasteiger partial charge on any atom is 0.417 e. The molecule has 2 aromatic rings. The molecule has 4 atom stereocenters. The van der Waals surface area contributed by atoms with E-state index < -0.39 is 42.9 Å². The molecule has 1 fully saturated rings. The lowest BCUT2D eigenvalue weighted by Gasteiger charge is -2.16. The molecule has 1 saturated heterocycles. The van der Waals surface area contributed by atoms with Gasteiger partial charge in [-0.1, -0.05) is 0 Å². The Morgan fingerprint density at radius 1 is 1.27 bits per heavy atom. The Morgan fingerprint density at radius 3 is 2.59 bits per heavy atom. The van der Waals surface area contributed by atoms with Crippen LogP contribution in [0.15, 0.2) is 18.5 Å². The summed E-state index contributed by atoms with van der Waals surface area (Å²) in [5.74, 6) is 0. The molecule has 0 spiro atoms. The minimum Gasteiger partial charge on any atom is -0.394 e. The van der Waals surface area contributed by atoms with Gasteiger partial charge < -0.3 is 20.1 Å². The number of nitrogens with zero attached hydrogens (tertiary/aromatic N) is 3. The van der Waals surface area contributed by atoms with Gasteiger partial charge in [-0.05, 0) is 6.07 Å². The summed E-state index contributed by atoms with van der Waals surface area (Å²) in [6.07, 6.45) is -7.73. The van der Waals surface area contributed by atoms with E-state index in [2.05, 4.69) is 10.1 Å². The van der Waals surface area contributed by atoms with Gasteiger partial charge in [0.1, 0.15) is 18.3 Å². The normalized spacial score (nSPS) is 29.4. The number of rotatable bonds is 2. The highest BCUT2D eigenvalue weighted by Crippen LogP contribution is 2.36. The first-order chi connectivity index (χ1) is 10.3. The molecule has 0 saturated carbocycles. The quantitative estimate of drug-likeness (QED) is 0.724. The van der Waals surface area contributed by atoms with Gasteiger partial charge in [-0.2, -0.15) is 18.3 Å². The summed E-state index contributed by atoms with van der Waals surface area (Å²) in [5.41, 5.74) is -1.04. The first kappa shape index (κ1) is 15.2. The fraction of sp³-hybridized carbons (Fsp3) is 0.500. The van der Waals surface area contributed by atoms with Gasteiger partial charge in [0.05, 0.1) is 23.8 Å². The first-order valence-corrected chi connectivity index (χ1v) is 6.36. The zero-order chi connectivity index (χ0) is 16.1. The average molecular weight is 319 g/mol. The van der Waals surface area contributed by atoms with Crippen LogP contribution >= 0.6 is 0 Å². The fourth-order valence-corrected chi connectivity index (χ4v) is 2.46. The van der Waals surface area contributed by atoms with Crippen molar-refractivity contribution in [2.24, 2.45) is 0 Å². The zero-order valence-electron chi connectivity index (χ0n) is 11.0. The lowest BCUT2D eigenvalue weighted by Crippen LogP contribution is -2.33. The predicted octanol–water partition coefficient (Wildman–Crippen LogP) is 0.0616. The molecule has 0 aliphatic carbocycles. The van der Waals surface area contributed by atoms with Crippen LogP contribution < -0.4 is 0 Å². The number of aliphatic hydroxyl groups is 3. The van der Waals surface area contributed by atoms with Crippen LogP contribution in [0.2, 0.25) is 0 Å². The Kier molecular flexibility index (Phi) is 3.56. The van der Waals surface area contributed by atoms with Crippen LogP contribution in [0.4, 0.5) is 13.2 Å². The van der Waals surface area contributed by atoms with E-state index in [9.17, 15) is 23.4 Å². The Balaban J connectivity index is 2.07. The van der Waals surface area contributed by atoms with E-state index in [0.717, 1.165) is 23.1 Å². The molecule has 22 heavy (non-hydrogen) atoms. The molecule has 0 bridgehead atoms. The molecule has 0 radical (unpaired) electrons. The van der Waals surface area contributed by atoms with Crippen LogP contribution in [-0.4, -0.2) is 55.0 Å². The van der Waals surface area contributed by atoms with E-state index in [-0.39, 0.29) is 11.0 Å². The maximum absolute atomic E-state index is 12.9. The van der Waals surface area contributed by atoms with Gasteiger partial charge in [0, 0.05) is 6.20 Å². The van der Waals surface area contributed by atoms with E-state index in [1.54, 1.807) is 0 Å². The van der Waals surface area contributed by atoms with Crippen molar-refractivity contribution >= 4 is 11.0 Å². The minimum absolute atomic E-state index is 0.135. The largest absolute Gasteiger partial charge is 0.417 e. The summed E-state index contributed by atoms with van der Waals surface area (Å²) in [6, 6.07) is 0.825. The van der Waals surface area contributed by atoms with Crippen molar-refractivity contribution in [3.8, 4) is 0 Å². The van der Waals surface area contributed by atoms with Crippen molar-refractivity contribution in [2.45, 2.75) is 30.7 Å². The van der Waals surface area contributed by atoms with Crippen molar-refractivity contribution in [2.75, 3.05) is 6.61 Å². The summed E-state index contributed by atoms with van der Waals surface area (Å²) in [4.78, 5) is 3.84. The van der Waals surface area contributed by atoms with Crippen molar-refractivity contribution in [3.05, 3.63) is 24.0 Å². The molecule has 3 heterocycles. The Morgan fingerprint density at radius 2 is 2.00 bits per heavy atom. The Bertz CT molecular complexity index is 690. The van der Waals surface area contributed by atoms with E-state index in [0.29, 0.717) is 0 Å². The van der Waals surface area contributed by atoms with Gasteiger partial charge in [0.2, 0.25) is 0 Å². The molecular formula is C12H12F3N3O4. The highest BCUT2D eigenvalue weighted by Gasteiger charge is 2.44. The van der Waals surface area contributed by atoms with Crippen molar-refractivity contribution in [1.29, 1.82) is 0 Å². The molecule has 1 aliphatic heterocycles. The third-order valence-corrected chi connectivity index (χ3v) is 3.56. The number of aliphatic hydroxyl groups excluding tert-OH is 3.